The van der Waals surface area contributed by atoms with E-state index in [1.165, 1.54) is 89.9 Å². The summed E-state index contributed by atoms with van der Waals surface area (Å²) in [6.07, 6.45) is 20.6. The van der Waals surface area contributed by atoms with Crippen molar-refractivity contribution >= 4 is 0 Å². The molecule has 0 fully saturated rings. The van der Waals surface area contributed by atoms with Crippen LogP contribution in [0.15, 0.2) is 18.2 Å². The molecule has 0 atom stereocenters. The molecule has 0 heterocycles. The van der Waals surface area contributed by atoms with Crippen molar-refractivity contribution in [3.63, 3.8) is 0 Å². The molecular weight excluding hydrogens is 370 g/mol. The summed E-state index contributed by atoms with van der Waals surface area (Å²) in [6, 6.07) is 7.71. The highest BCUT2D eigenvalue weighted by atomic mass is 16.5. The van der Waals surface area contributed by atoms with Crippen LogP contribution in [0.2, 0.25) is 0 Å². The molecule has 30 heavy (non-hydrogen) atoms. The van der Waals surface area contributed by atoms with E-state index in [-0.39, 0.29) is 0 Å². The van der Waals surface area contributed by atoms with Gasteiger partial charge in [0.15, 0.2) is 11.5 Å². The molecule has 0 aliphatic heterocycles. The predicted molar refractivity (Wildman–Crippen MR) is 127 cm³/mol. The molecule has 3 nitrogen and oxygen atoms in total. The standard InChI is InChI=1S/C27H45NO2/c1-3-5-7-9-11-13-15-17-21-29-26-20-19-25(24-28)23-27(26)30-22-18-16-14-12-10-8-6-4-2/h19-20,23H,3-18,21-22H2,1-2H3. The molecule has 0 amide bonds. The number of nitriles is 1. The normalized spacial score (nSPS) is 10.7. The highest BCUT2D eigenvalue weighted by Gasteiger charge is 2.07. The van der Waals surface area contributed by atoms with Gasteiger partial charge in [-0.1, -0.05) is 104 Å². The lowest BCUT2D eigenvalue weighted by Crippen LogP contribution is -2.03. The zero-order valence-electron chi connectivity index (χ0n) is 19.7. The molecule has 1 rings (SSSR count). The Balaban J connectivity index is 2.23. The largest absolute Gasteiger partial charge is 0.490 e. The van der Waals surface area contributed by atoms with Gasteiger partial charge in [0.2, 0.25) is 0 Å². The number of hydrogen-bond donors (Lipinski definition) is 0. The SMILES string of the molecule is CCCCCCCCCCOc1ccc(C#N)cc1OCCCCCCCCCC. The third kappa shape index (κ3) is 13.5. The van der Waals surface area contributed by atoms with Crippen LogP contribution in [0.25, 0.3) is 0 Å². The summed E-state index contributed by atoms with van der Waals surface area (Å²) < 4.78 is 12.0. The number of nitrogens with zero attached hydrogens (tertiary/aromatic N) is 1. The second kappa shape index (κ2) is 19.3. The molecule has 0 aliphatic rings. The van der Waals surface area contributed by atoms with Crippen LogP contribution in [0.1, 0.15) is 122 Å². The van der Waals surface area contributed by atoms with Gasteiger partial charge in [-0.2, -0.15) is 5.26 Å². The van der Waals surface area contributed by atoms with Crippen molar-refractivity contribution in [2.75, 3.05) is 13.2 Å². The van der Waals surface area contributed by atoms with Crippen molar-refractivity contribution in [3.05, 3.63) is 23.8 Å². The average molecular weight is 416 g/mol. The number of unbranched alkanes of at least 4 members (excludes halogenated alkanes) is 14. The minimum atomic E-state index is 0.625. The van der Waals surface area contributed by atoms with E-state index in [9.17, 15) is 5.26 Å². The first-order valence-corrected chi connectivity index (χ1v) is 12.6. The third-order valence-corrected chi connectivity index (χ3v) is 5.58. The van der Waals surface area contributed by atoms with Crippen LogP contribution in [0.3, 0.4) is 0 Å². The maximum absolute atomic E-state index is 9.19. The van der Waals surface area contributed by atoms with Crippen molar-refractivity contribution < 1.29 is 9.47 Å². The highest BCUT2D eigenvalue weighted by Crippen LogP contribution is 2.29. The van der Waals surface area contributed by atoms with Crippen molar-refractivity contribution in [1.82, 2.24) is 0 Å². The third-order valence-electron chi connectivity index (χ3n) is 5.58. The van der Waals surface area contributed by atoms with E-state index >= 15 is 0 Å². The molecule has 3 heteroatoms. The average Bonchev–Trinajstić information content (AvgIpc) is 2.77. The smallest absolute Gasteiger partial charge is 0.162 e. The Morgan fingerprint density at radius 1 is 0.600 bits per heavy atom. The minimum Gasteiger partial charge on any atom is -0.490 e. The van der Waals surface area contributed by atoms with Crippen molar-refractivity contribution in [2.45, 2.75) is 117 Å². The van der Waals surface area contributed by atoms with E-state index in [1.807, 2.05) is 18.2 Å². The number of ether oxygens (including phenoxy) is 2. The number of benzene rings is 1. The zero-order chi connectivity index (χ0) is 21.7. The Morgan fingerprint density at radius 3 is 1.50 bits per heavy atom. The molecular formula is C27H45NO2. The summed E-state index contributed by atoms with van der Waals surface area (Å²) >= 11 is 0. The van der Waals surface area contributed by atoms with E-state index in [0.29, 0.717) is 12.2 Å². The molecule has 0 unspecified atom stereocenters. The first-order valence-electron chi connectivity index (χ1n) is 12.6. The molecule has 0 spiro atoms. The quantitative estimate of drug-likeness (QED) is 0.200. The van der Waals surface area contributed by atoms with E-state index < -0.39 is 0 Å². The summed E-state index contributed by atoms with van der Waals surface area (Å²) in [5, 5.41) is 9.19. The lowest BCUT2D eigenvalue weighted by molar-refractivity contribution is 0.258. The van der Waals surface area contributed by atoms with Gasteiger partial charge in [0.05, 0.1) is 24.8 Å². The van der Waals surface area contributed by atoms with Crippen LogP contribution in [-0.2, 0) is 0 Å². The lowest BCUT2D eigenvalue weighted by Gasteiger charge is -2.13. The minimum absolute atomic E-state index is 0.625. The molecule has 0 aromatic heterocycles. The van der Waals surface area contributed by atoms with Gasteiger partial charge in [-0.25, -0.2) is 0 Å². The van der Waals surface area contributed by atoms with Gasteiger partial charge >= 0.3 is 0 Å². The Kier molecular flexibility index (Phi) is 16.9. The maximum atomic E-state index is 9.19. The van der Waals surface area contributed by atoms with Crippen molar-refractivity contribution in [1.29, 1.82) is 5.26 Å². The van der Waals surface area contributed by atoms with Gasteiger partial charge in [-0.05, 0) is 25.0 Å². The molecule has 0 saturated heterocycles. The van der Waals surface area contributed by atoms with Gasteiger partial charge in [-0.3, -0.25) is 0 Å². The first kappa shape index (κ1) is 26.3. The lowest BCUT2D eigenvalue weighted by atomic mass is 10.1. The van der Waals surface area contributed by atoms with E-state index in [4.69, 9.17) is 9.47 Å². The van der Waals surface area contributed by atoms with Crippen LogP contribution < -0.4 is 9.47 Å². The molecule has 0 bridgehead atoms. The topological polar surface area (TPSA) is 42.2 Å². The predicted octanol–water partition coefficient (Wildman–Crippen LogP) is 8.60. The summed E-state index contributed by atoms with van der Waals surface area (Å²) in [7, 11) is 0. The van der Waals surface area contributed by atoms with Crippen LogP contribution >= 0.6 is 0 Å². The van der Waals surface area contributed by atoms with Crippen molar-refractivity contribution in [2.24, 2.45) is 0 Å². The Morgan fingerprint density at radius 2 is 1.03 bits per heavy atom. The molecule has 1 aromatic carbocycles. The van der Waals surface area contributed by atoms with Crippen molar-refractivity contribution in [3.8, 4) is 17.6 Å². The fraction of sp³-hybridized carbons (Fsp3) is 0.741. The van der Waals surface area contributed by atoms with E-state index in [1.54, 1.807) is 0 Å². The fourth-order valence-corrected chi connectivity index (χ4v) is 3.65. The maximum Gasteiger partial charge on any atom is 0.162 e. The Labute approximate surface area is 186 Å². The molecule has 0 radical (unpaired) electrons. The van der Waals surface area contributed by atoms with Gasteiger partial charge < -0.3 is 9.47 Å². The van der Waals surface area contributed by atoms with E-state index in [2.05, 4.69) is 19.9 Å². The summed E-state index contributed by atoms with van der Waals surface area (Å²) in [5.74, 6) is 1.49. The fourth-order valence-electron chi connectivity index (χ4n) is 3.65. The monoisotopic (exact) mass is 415 g/mol. The van der Waals surface area contributed by atoms with Crippen LogP contribution in [0.4, 0.5) is 0 Å². The summed E-state index contributed by atoms with van der Waals surface area (Å²) in [6.45, 7) is 5.92. The molecule has 0 aliphatic carbocycles. The van der Waals surface area contributed by atoms with Crippen LogP contribution in [-0.4, -0.2) is 13.2 Å². The van der Waals surface area contributed by atoms with Crippen LogP contribution in [0, 0.1) is 11.3 Å². The zero-order valence-corrected chi connectivity index (χ0v) is 19.7. The van der Waals surface area contributed by atoms with Crippen LogP contribution in [0.5, 0.6) is 11.5 Å². The van der Waals surface area contributed by atoms with Gasteiger partial charge in [0, 0.05) is 6.07 Å². The Hall–Kier alpha value is -1.69. The van der Waals surface area contributed by atoms with Gasteiger partial charge in [-0.15, -0.1) is 0 Å². The van der Waals surface area contributed by atoms with Gasteiger partial charge in [0.1, 0.15) is 0 Å². The first-order chi connectivity index (χ1) is 14.8. The summed E-state index contributed by atoms with van der Waals surface area (Å²) in [5.41, 5.74) is 0.625. The molecule has 1 aromatic rings. The Bertz CT molecular complexity index is 564. The second-order valence-corrected chi connectivity index (χ2v) is 8.42. The summed E-state index contributed by atoms with van der Waals surface area (Å²) in [4.78, 5) is 0. The number of rotatable bonds is 20. The molecule has 0 N–H and O–H groups in total. The highest BCUT2D eigenvalue weighted by molar-refractivity contribution is 5.46. The molecule has 0 saturated carbocycles. The van der Waals surface area contributed by atoms with E-state index in [0.717, 1.165) is 30.9 Å². The second-order valence-electron chi connectivity index (χ2n) is 8.42. The number of hydrogen-bond acceptors (Lipinski definition) is 3. The molecule has 170 valence electrons. The van der Waals surface area contributed by atoms with Gasteiger partial charge in [0.25, 0.3) is 0 Å².